The molecule has 1 aromatic heterocycles. The van der Waals surface area contributed by atoms with E-state index in [2.05, 4.69) is 32.2 Å². The quantitative estimate of drug-likeness (QED) is 0.789. The van der Waals surface area contributed by atoms with Crippen LogP contribution in [0, 0.1) is 12.8 Å². The van der Waals surface area contributed by atoms with Gasteiger partial charge in [0, 0.05) is 10.9 Å². The average molecular weight is 197 g/mol. The summed E-state index contributed by atoms with van der Waals surface area (Å²) < 4.78 is 0. The van der Waals surface area contributed by atoms with Crippen LogP contribution in [0.25, 0.3) is 0 Å². The molecule has 1 atom stereocenters. The molecule has 0 saturated heterocycles. The molecule has 1 heterocycles. The Bertz CT molecular complexity index is 252. The van der Waals surface area contributed by atoms with Crippen LogP contribution in [-0.4, -0.2) is 6.04 Å². The number of hydrogen-bond acceptors (Lipinski definition) is 2. The zero-order chi connectivity index (χ0) is 9.84. The Balaban J connectivity index is 2.35. The first kappa shape index (κ1) is 10.7. The normalized spacial score (nSPS) is 13.6. The second kappa shape index (κ2) is 4.77. The molecule has 0 radical (unpaired) electrons. The summed E-state index contributed by atoms with van der Waals surface area (Å²) in [6.45, 7) is 6.52. The topological polar surface area (TPSA) is 26.0 Å². The van der Waals surface area contributed by atoms with Gasteiger partial charge in [-0.05, 0) is 42.7 Å². The molecule has 0 aliphatic rings. The fourth-order valence-electron chi connectivity index (χ4n) is 1.30. The Morgan fingerprint density at radius 1 is 1.46 bits per heavy atom. The number of aryl methyl sites for hydroxylation is 2. The van der Waals surface area contributed by atoms with Crippen molar-refractivity contribution >= 4 is 11.3 Å². The zero-order valence-electron chi connectivity index (χ0n) is 8.71. The van der Waals surface area contributed by atoms with E-state index < -0.39 is 0 Å². The molecule has 1 rings (SSSR count). The molecular weight excluding hydrogens is 178 g/mol. The van der Waals surface area contributed by atoms with Crippen LogP contribution in [0.5, 0.6) is 0 Å². The molecule has 1 nitrogen and oxygen atoms in total. The van der Waals surface area contributed by atoms with Crippen molar-refractivity contribution < 1.29 is 0 Å². The van der Waals surface area contributed by atoms with E-state index in [1.54, 1.807) is 0 Å². The van der Waals surface area contributed by atoms with Crippen molar-refractivity contribution in [1.82, 2.24) is 0 Å². The van der Waals surface area contributed by atoms with Crippen molar-refractivity contribution in [2.24, 2.45) is 11.7 Å². The first-order valence-electron chi connectivity index (χ1n) is 4.89. The van der Waals surface area contributed by atoms with E-state index in [9.17, 15) is 0 Å². The third-order valence-electron chi connectivity index (χ3n) is 2.41. The van der Waals surface area contributed by atoms with Crippen LogP contribution in [0.1, 0.15) is 30.7 Å². The predicted octanol–water partition coefficient (Wildman–Crippen LogP) is 2.97. The van der Waals surface area contributed by atoms with E-state index in [1.165, 1.54) is 10.4 Å². The monoisotopic (exact) mass is 197 g/mol. The molecule has 0 amide bonds. The van der Waals surface area contributed by atoms with Gasteiger partial charge < -0.3 is 5.73 Å². The molecule has 0 saturated carbocycles. The highest BCUT2D eigenvalue weighted by Crippen LogP contribution is 2.16. The maximum atomic E-state index is 5.97. The number of nitrogens with two attached hydrogens (primary N) is 1. The van der Waals surface area contributed by atoms with Gasteiger partial charge in [-0.15, -0.1) is 11.3 Å². The minimum absolute atomic E-state index is 0.347. The molecule has 0 aliphatic carbocycles. The van der Waals surface area contributed by atoms with Crippen LogP contribution in [0.4, 0.5) is 0 Å². The fraction of sp³-hybridized carbons (Fsp3) is 0.636. The summed E-state index contributed by atoms with van der Waals surface area (Å²) in [4.78, 5) is 1.40. The third-order valence-corrected chi connectivity index (χ3v) is 3.32. The smallest absolute Gasteiger partial charge is 0.00650 e. The lowest BCUT2D eigenvalue weighted by molar-refractivity contribution is 0.464. The molecule has 2 N–H and O–H groups in total. The minimum atomic E-state index is 0.347. The Labute approximate surface area is 85.0 Å². The Morgan fingerprint density at radius 3 is 2.62 bits per heavy atom. The van der Waals surface area contributed by atoms with Gasteiger partial charge in [0.05, 0.1) is 0 Å². The van der Waals surface area contributed by atoms with Crippen molar-refractivity contribution in [2.45, 2.75) is 39.7 Å². The summed E-state index contributed by atoms with van der Waals surface area (Å²) in [6, 6.07) is 2.61. The molecule has 0 aliphatic heterocycles. The minimum Gasteiger partial charge on any atom is -0.327 e. The first-order chi connectivity index (χ1) is 6.09. The maximum Gasteiger partial charge on any atom is 0.00650 e. The summed E-state index contributed by atoms with van der Waals surface area (Å²) in [7, 11) is 0. The molecule has 74 valence electrons. The van der Waals surface area contributed by atoms with Gasteiger partial charge in [-0.2, -0.15) is 0 Å². The van der Waals surface area contributed by atoms with E-state index in [1.807, 2.05) is 11.3 Å². The summed E-state index contributed by atoms with van der Waals surface area (Å²) in [6.07, 6.45) is 2.23. The molecule has 13 heavy (non-hydrogen) atoms. The highest BCUT2D eigenvalue weighted by Gasteiger charge is 2.07. The van der Waals surface area contributed by atoms with Crippen molar-refractivity contribution in [2.75, 3.05) is 0 Å². The SMILES string of the molecule is Cc1cc(CCC(N)C(C)C)cs1. The maximum absolute atomic E-state index is 5.97. The predicted molar refractivity (Wildman–Crippen MR) is 60.2 cm³/mol. The van der Waals surface area contributed by atoms with Gasteiger partial charge in [-0.3, -0.25) is 0 Å². The van der Waals surface area contributed by atoms with Crippen LogP contribution in [0.2, 0.25) is 0 Å². The Morgan fingerprint density at radius 2 is 2.15 bits per heavy atom. The zero-order valence-corrected chi connectivity index (χ0v) is 9.53. The van der Waals surface area contributed by atoms with Crippen LogP contribution in [0.3, 0.4) is 0 Å². The number of hydrogen-bond donors (Lipinski definition) is 1. The van der Waals surface area contributed by atoms with E-state index in [0.29, 0.717) is 12.0 Å². The fourth-order valence-corrected chi connectivity index (χ4v) is 2.04. The molecule has 1 unspecified atom stereocenters. The molecule has 2 heteroatoms. The Hall–Kier alpha value is -0.340. The van der Waals surface area contributed by atoms with Gasteiger partial charge >= 0.3 is 0 Å². The van der Waals surface area contributed by atoms with Gasteiger partial charge in [0.1, 0.15) is 0 Å². The van der Waals surface area contributed by atoms with Crippen molar-refractivity contribution in [3.63, 3.8) is 0 Å². The second-order valence-corrected chi connectivity index (χ2v) is 5.13. The van der Waals surface area contributed by atoms with Gasteiger partial charge in [0.15, 0.2) is 0 Å². The van der Waals surface area contributed by atoms with Gasteiger partial charge in [-0.25, -0.2) is 0 Å². The van der Waals surface area contributed by atoms with Crippen LogP contribution in [0.15, 0.2) is 11.4 Å². The van der Waals surface area contributed by atoms with Gasteiger partial charge in [-0.1, -0.05) is 13.8 Å². The molecule has 0 bridgehead atoms. The molecule has 0 aromatic carbocycles. The van der Waals surface area contributed by atoms with Crippen molar-refractivity contribution in [1.29, 1.82) is 0 Å². The second-order valence-electron chi connectivity index (χ2n) is 4.01. The summed E-state index contributed by atoms with van der Waals surface area (Å²) in [5.74, 6) is 0.597. The van der Waals surface area contributed by atoms with E-state index in [0.717, 1.165) is 12.8 Å². The lowest BCUT2D eigenvalue weighted by atomic mass is 9.99. The van der Waals surface area contributed by atoms with Crippen molar-refractivity contribution in [3.8, 4) is 0 Å². The molecule has 0 spiro atoms. The van der Waals surface area contributed by atoms with Crippen molar-refractivity contribution in [3.05, 3.63) is 21.9 Å². The third kappa shape index (κ3) is 3.49. The number of thiophene rings is 1. The summed E-state index contributed by atoms with van der Waals surface area (Å²) in [5, 5.41) is 2.24. The average Bonchev–Trinajstić information content (AvgIpc) is 2.47. The summed E-state index contributed by atoms with van der Waals surface area (Å²) >= 11 is 1.82. The van der Waals surface area contributed by atoms with E-state index in [4.69, 9.17) is 5.73 Å². The van der Waals surface area contributed by atoms with Crippen LogP contribution in [-0.2, 0) is 6.42 Å². The van der Waals surface area contributed by atoms with E-state index in [-0.39, 0.29) is 0 Å². The highest BCUT2D eigenvalue weighted by molar-refractivity contribution is 7.10. The highest BCUT2D eigenvalue weighted by atomic mass is 32.1. The standard InChI is InChI=1S/C11H19NS/c1-8(2)11(12)5-4-10-6-9(3)13-7-10/h6-8,11H,4-5,12H2,1-3H3. The van der Waals surface area contributed by atoms with Crippen LogP contribution >= 0.6 is 11.3 Å². The van der Waals surface area contributed by atoms with E-state index >= 15 is 0 Å². The molecular formula is C11H19NS. The van der Waals surface area contributed by atoms with Crippen LogP contribution < -0.4 is 5.73 Å². The Kier molecular flexibility index (Phi) is 3.94. The lowest BCUT2D eigenvalue weighted by Crippen LogP contribution is -2.26. The first-order valence-corrected chi connectivity index (χ1v) is 5.77. The largest absolute Gasteiger partial charge is 0.327 e. The molecule has 1 aromatic rings. The lowest BCUT2D eigenvalue weighted by Gasteiger charge is -2.14. The number of rotatable bonds is 4. The summed E-state index contributed by atoms with van der Waals surface area (Å²) in [5.41, 5.74) is 7.42. The van der Waals surface area contributed by atoms with Gasteiger partial charge in [0.2, 0.25) is 0 Å². The van der Waals surface area contributed by atoms with Gasteiger partial charge in [0.25, 0.3) is 0 Å². The molecule has 0 fully saturated rings.